The van der Waals surface area contributed by atoms with E-state index in [4.69, 9.17) is 0 Å². The average Bonchev–Trinajstić information content (AvgIpc) is 2.54. The topological polar surface area (TPSA) is 46.2 Å². The number of rotatable bonds is 4. The molecule has 3 nitrogen and oxygen atoms in total. The lowest BCUT2D eigenvalue weighted by Gasteiger charge is -2.13. The molecule has 0 aromatic heterocycles. The molecule has 6 heteroatoms. The van der Waals surface area contributed by atoms with Crippen LogP contribution in [0, 0.1) is 18.6 Å². The van der Waals surface area contributed by atoms with E-state index in [1.807, 2.05) is 6.92 Å². The van der Waals surface area contributed by atoms with Crippen LogP contribution >= 0.6 is 0 Å². The van der Waals surface area contributed by atoms with Crippen LogP contribution in [0.5, 0.6) is 0 Å². The van der Waals surface area contributed by atoms with Crippen molar-refractivity contribution in [2.75, 3.05) is 4.72 Å². The van der Waals surface area contributed by atoms with Gasteiger partial charge in [-0.3, -0.25) is 4.72 Å². The molecule has 0 saturated carbocycles. The van der Waals surface area contributed by atoms with Gasteiger partial charge in [0.25, 0.3) is 10.0 Å². The summed E-state index contributed by atoms with van der Waals surface area (Å²) >= 11 is 0. The molecule has 0 radical (unpaired) electrons. The van der Waals surface area contributed by atoms with Gasteiger partial charge in [-0.15, -0.1) is 0 Å². The fraction of sp³-hybridized carbons (Fsp3) is 0.0526. The molecule has 0 aliphatic carbocycles. The number of para-hydroxylation sites is 1. The van der Waals surface area contributed by atoms with Crippen LogP contribution in [0.25, 0.3) is 11.1 Å². The fourth-order valence-corrected chi connectivity index (χ4v) is 3.53. The number of benzene rings is 3. The molecule has 0 amide bonds. The van der Waals surface area contributed by atoms with Crippen molar-refractivity contribution in [1.29, 1.82) is 0 Å². The van der Waals surface area contributed by atoms with Crippen molar-refractivity contribution in [1.82, 2.24) is 0 Å². The van der Waals surface area contributed by atoms with E-state index in [0.29, 0.717) is 5.56 Å². The zero-order valence-corrected chi connectivity index (χ0v) is 14.1. The highest BCUT2D eigenvalue weighted by atomic mass is 32.2. The first-order valence-corrected chi connectivity index (χ1v) is 8.98. The molecule has 0 unspecified atom stereocenters. The molecule has 128 valence electrons. The zero-order valence-electron chi connectivity index (χ0n) is 13.3. The second kappa shape index (κ2) is 6.64. The van der Waals surface area contributed by atoms with Crippen molar-refractivity contribution in [2.45, 2.75) is 11.8 Å². The molecular formula is C19H15F2NO2S. The van der Waals surface area contributed by atoms with E-state index in [0.717, 1.165) is 23.8 Å². The van der Waals surface area contributed by atoms with Crippen molar-refractivity contribution in [3.8, 4) is 11.1 Å². The van der Waals surface area contributed by atoms with Crippen molar-refractivity contribution in [3.63, 3.8) is 0 Å². The van der Waals surface area contributed by atoms with Gasteiger partial charge in [-0.1, -0.05) is 35.9 Å². The lowest BCUT2D eigenvalue weighted by molar-refractivity contribution is 0.584. The Hall–Kier alpha value is -2.73. The second-order valence-corrected chi connectivity index (χ2v) is 7.30. The Balaban J connectivity index is 2.03. The average molecular weight is 359 g/mol. The van der Waals surface area contributed by atoms with Crippen molar-refractivity contribution in [2.24, 2.45) is 0 Å². The van der Waals surface area contributed by atoms with Gasteiger partial charge in [-0.25, -0.2) is 17.2 Å². The second-order valence-electron chi connectivity index (χ2n) is 5.62. The van der Waals surface area contributed by atoms with Gasteiger partial charge in [0.05, 0.1) is 10.6 Å². The van der Waals surface area contributed by atoms with Crippen LogP contribution in [0.15, 0.2) is 71.6 Å². The fourth-order valence-electron chi connectivity index (χ4n) is 2.45. The first-order valence-electron chi connectivity index (χ1n) is 7.50. The third kappa shape index (κ3) is 3.85. The third-order valence-electron chi connectivity index (χ3n) is 3.68. The van der Waals surface area contributed by atoms with E-state index < -0.39 is 21.7 Å². The molecule has 0 aliphatic heterocycles. The highest BCUT2D eigenvalue weighted by Crippen LogP contribution is 2.30. The summed E-state index contributed by atoms with van der Waals surface area (Å²) < 4.78 is 54.6. The molecule has 0 fully saturated rings. The molecule has 0 aliphatic rings. The number of aryl methyl sites for hydroxylation is 1. The molecule has 25 heavy (non-hydrogen) atoms. The molecule has 0 atom stereocenters. The Morgan fingerprint density at radius 1 is 0.840 bits per heavy atom. The first-order chi connectivity index (χ1) is 11.8. The van der Waals surface area contributed by atoms with Crippen molar-refractivity contribution < 1.29 is 17.2 Å². The highest BCUT2D eigenvalue weighted by Gasteiger charge is 2.16. The molecule has 0 bridgehead atoms. The Morgan fingerprint density at radius 3 is 2.08 bits per heavy atom. The van der Waals surface area contributed by atoms with Crippen LogP contribution in [0.3, 0.4) is 0 Å². The standard InChI is InChI=1S/C19H15F2NO2S/c1-13-6-8-17(9-7-13)25(23,24)22-19-5-3-2-4-18(19)14-10-15(20)12-16(21)11-14/h2-12,22H,1H3. The van der Waals surface area contributed by atoms with E-state index in [1.165, 1.54) is 12.1 Å². The molecular weight excluding hydrogens is 344 g/mol. The van der Waals surface area contributed by atoms with Crippen LogP contribution in [0.4, 0.5) is 14.5 Å². The summed E-state index contributed by atoms with van der Waals surface area (Å²) in [5.41, 5.74) is 1.82. The zero-order chi connectivity index (χ0) is 18.0. The summed E-state index contributed by atoms with van der Waals surface area (Å²) in [4.78, 5) is 0.110. The van der Waals surface area contributed by atoms with E-state index in [-0.39, 0.29) is 16.1 Å². The van der Waals surface area contributed by atoms with E-state index >= 15 is 0 Å². The quantitative estimate of drug-likeness (QED) is 0.731. The number of nitrogens with one attached hydrogen (secondary N) is 1. The van der Waals surface area contributed by atoms with E-state index in [2.05, 4.69) is 4.72 Å². The number of hydrogen-bond donors (Lipinski definition) is 1. The predicted molar refractivity (Wildman–Crippen MR) is 93.8 cm³/mol. The molecule has 3 aromatic rings. The summed E-state index contributed by atoms with van der Waals surface area (Å²) in [5, 5.41) is 0. The van der Waals surface area contributed by atoms with Crippen molar-refractivity contribution >= 4 is 15.7 Å². The lowest BCUT2D eigenvalue weighted by Crippen LogP contribution is -2.13. The minimum Gasteiger partial charge on any atom is -0.279 e. The minimum atomic E-state index is -3.82. The van der Waals surface area contributed by atoms with Crippen LogP contribution in [-0.2, 0) is 10.0 Å². The van der Waals surface area contributed by atoms with Crippen molar-refractivity contribution in [3.05, 3.63) is 83.9 Å². The van der Waals surface area contributed by atoms with Gasteiger partial charge in [0.15, 0.2) is 0 Å². The Bertz CT molecular complexity index is 996. The highest BCUT2D eigenvalue weighted by molar-refractivity contribution is 7.92. The van der Waals surface area contributed by atoms with Gasteiger partial charge in [-0.2, -0.15) is 0 Å². The minimum absolute atomic E-state index is 0.110. The summed E-state index contributed by atoms with van der Waals surface area (Å²) in [6, 6.07) is 15.9. The third-order valence-corrected chi connectivity index (χ3v) is 5.06. The van der Waals surface area contributed by atoms with Crippen LogP contribution in [-0.4, -0.2) is 8.42 Å². The lowest BCUT2D eigenvalue weighted by atomic mass is 10.0. The monoisotopic (exact) mass is 359 g/mol. The molecule has 1 N–H and O–H groups in total. The van der Waals surface area contributed by atoms with E-state index in [9.17, 15) is 17.2 Å². The maximum atomic E-state index is 13.5. The van der Waals surface area contributed by atoms with Gasteiger partial charge in [0, 0.05) is 11.6 Å². The smallest absolute Gasteiger partial charge is 0.261 e. The summed E-state index contributed by atoms with van der Waals surface area (Å²) in [7, 11) is -3.82. The van der Waals surface area contributed by atoms with Gasteiger partial charge in [0.1, 0.15) is 11.6 Å². The normalized spacial score (nSPS) is 11.3. The number of hydrogen-bond acceptors (Lipinski definition) is 2. The molecule has 3 aromatic carbocycles. The maximum absolute atomic E-state index is 13.5. The summed E-state index contributed by atoms with van der Waals surface area (Å²) in [5.74, 6) is -1.46. The summed E-state index contributed by atoms with van der Waals surface area (Å²) in [6.07, 6.45) is 0. The number of halogens is 2. The Morgan fingerprint density at radius 2 is 1.44 bits per heavy atom. The summed E-state index contributed by atoms with van der Waals surface area (Å²) in [6.45, 7) is 1.86. The molecule has 0 heterocycles. The Kier molecular flexibility index (Phi) is 4.55. The van der Waals surface area contributed by atoms with Gasteiger partial charge in [0.2, 0.25) is 0 Å². The van der Waals surface area contributed by atoms with E-state index in [1.54, 1.807) is 36.4 Å². The van der Waals surface area contributed by atoms with Crippen LogP contribution < -0.4 is 4.72 Å². The molecule has 3 rings (SSSR count). The van der Waals surface area contributed by atoms with Crippen LogP contribution in [0.1, 0.15) is 5.56 Å². The first kappa shape index (κ1) is 17.1. The largest absolute Gasteiger partial charge is 0.279 e. The number of anilines is 1. The Labute approximate surface area is 145 Å². The molecule has 0 spiro atoms. The SMILES string of the molecule is Cc1ccc(S(=O)(=O)Nc2ccccc2-c2cc(F)cc(F)c2)cc1. The van der Waals surface area contributed by atoms with Gasteiger partial charge in [-0.05, 0) is 42.8 Å². The predicted octanol–water partition coefficient (Wildman–Crippen LogP) is 4.74. The number of sulfonamides is 1. The van der Waals surface area contributed by atoms with Gasteiger partial charge < -0.3 is 0 Å². The molecule has 0 saturated heterocycles. The maximum Gasteiger partial charge on any atom is 0.261 e. The van der Waals surface area contributed by atoms with Crippen LogP contribution in [0.2, 0.25) is 0 Å². The van der Waals surface area contributed by atoms with Gasteiger partial charge >= 0.3 is 0 Å².